The lowest BCUT2D eigenvalue weighted by atomic mass is 10.0. The molecule has 0 aliphatic rings. The summed E-state index contributed by atoms with van der Waals surface area (Å²) in [5.41, 5.74) is 11.9. The fraction of sp³-hybridized carbons (Fsp3) is 0.545. The van der Waals surface area contributed by atoms with Gasteiger partial charge >= 0.3 is 0 Å². The highest BCUT2D eigenvalue weighted by molar-refractivity contribution is 7.89. The minimum atomic E-state index is -3.67. The van der Waals surface area contributed by atoms with E-state index in [9.17, 15) is 22.8 Å². The minimum Gasteiger partial charge on any atom is -0.384 e. The Morgan fingerprint density at radius 3 is 2.15 bits per heavy atom. The van der Waals surface area contributed by atoms with Crippen molar-refractivity contribution in [2.75, 3.05) is 5.75 Å². The minimum absolute atomic E-state index is 0.0101. The van der Waals surface area contributed by atoms with Crippen molar-refractivity contribution in [3.05, 3.63) is 35.4 Å². The SMILES string of the molecule is CCCS(=O)(=O)N[C@H](CC(C)C)C(=O)N[C@@H](CCC(N)=O)C(=O)NCc1ccc(C(=N)N)cc1. The maximum Gasteiger partial charge on any atom is 0.242 e. The maximum absolute atomic E-state index is 12.9. The van der Waals surface area contributed by atoms with Gasteiger partial charge in [0.05, 0.1) is 5.75 Å². The first-order valence-electron chi connectivity index (χ1n) is 11.1. The molecule has 0 heterocycles. The maximum atomic E-state index is 12.9. The summed E-state index contributed by atoms with van der Waals surface area (Å²) in [6.45, 7) is 5.55. The Kier molecular flexibility index (Phi) is 11.7. The van der Waals surface area contributed by atoms with Crippen LogP contribution in [0.5, 0.6) is 0 Å². The standard InChI is InChI=1S/C22H36N6O5S/c1-4-11-34(32,33)28-18(12-14(2)3)22(31)27-17(9-10-19(23)29)21(30)26-13-15-5-7-16(8-6-15)20(24)25/h5-8,14,17-18,28H,4,9-13H2,1-3H3,(H2,23,29)(H3,24,25)(H,26,30)(H,27,31)/t17-,18+/m0/s1. The monoisotopic (exact) mass is 496 g/mol. The number of nitrogens with two attached hydrogens (primary N) is 2. The summed E-state index contributed by atoms with van der Waals surface area (Å²) in [7, 11) is -3.67. The number of rotatable bonds is 15. The molecule has 0 saturated heterocycles. The lowest BCUT2D eigenvalue weighted by Crippen LogP contribution is -2.54. The molecule has 0 saturated carbocycles. The van der Waals surface area contributed by atoms with Crippen LogP contribution < -0.4 is 26.8 Å². The van der Waals surface area contributed by atoms with Crippen LogP contribution in [0.25, 0.3) is 0 Å². The van der Waals surface area contributed by atoms with Crippen LogP contribution >= 0.6 is 0 Å². The third-order valence-electron chi connectivity index (χ3n) is 4.86. The zero-order chi connectivity index (χ0) is 25.9. The van der Waals surface area contributed by atoms with E-state index in [4.69, 9.17) is 16.9 Å². The molecule has 11 nitrogen and oxygen atoms in total. The second-order valence-corrected chi connectivity index (χ2v) is 10.4. The van der Waals surface area contributed by atoms with Crippen LogP contribution in [0.3, 0.4) is 0 Å². The van der Waals surface area contributed by atoms with Gasteiger partial charge in [-0.05, 0) is 30.7 Å². The van der Waals surface area contributed by atoms with Crippen LogP contribution in [0.15, 0.2) is 24.3 Å². The molecule has 0 aliphatic heterocycles. The lowest BCUT2D eigenvalue weighted by Gasteiger charge is -2.24. The van der Waals surface area contributed by atoms with Crippen molar-refractivity contribution in [2.45, 2.75) is 65.1 Å². The van der Waals surface area contributed by atoms with Gasteiger partial charge < -0.3 is 22.1 Å². The van der Waals surface area contributed by atoms with Crippen LogP contribution in [-0.4, -0.2) is 49.8 Å². The Morgan fingerprint density at radius 1 is 1.03 bits per heavy atom. The van der Waals surface area contributed by atoms with Crippen LogP contribution in [0.4, 0.5) is 0 Å². The molecule has 8 N–H and O–H groups in total. The number of benzene rings is 1. The molecule has 0 bridgehead atoms. The first kappa shape index (κ1) is 29.0. The molecule has 34 heavy (non-hydrogen) atoms. The summed E-state index contributed by atoms with van der Waals surface area (Å²) in [6, 6.07) is 4.57. The number of hydrogen-bond acceptors (Lipinski definition) is 6. The van der Waals surface area contributed by atoms with Crippen molar-refractivity contribution in [2.24, 2.45) is 17.4 Å². The van der Waals surface area contributed by atoms with E-state index in [-0.39, 0.29) is 43.3 Å². The molecule has 3 amide bonds. The third kappa shape index (κ3) is 10.8. The zero-order valence-electron chi connectivity index (χ0n) is 19.9. The fourth-order valence-electron chi connectivity index (χ4n) is 3.17. The predicted octanol–water partition coefficient (Wildman–Crippen LogP) is 0.0813. The normalized spacial score (nSPS) is 13.2. The van der Waals surface area contributed by atoms with Crippen LogP contribution in [0.2, 0.25) is 0 Å². The van der Waals surface area contributed by atoms with Crippen molar-refractivity contribution in [3.8, 4) is 0 Å². The van der Waals surface area contributed by atoms with E-state index < -0.39 is 39.8 Å². The highest BCUT2D eigenvalue weighted by atomic mass is 32.2. The summed E-state index contributed by atoms with van der Waals surface area (Å²) in [5, 5.41) is 12.7. The van der Waals surface area contributed by atoms with Gasteiger partial charge in [-0.15, -0.1) is 0 Å². The molecular formula is C22H36N6O5S. The molecule has 0 fully saturated rings. The topological polar surface area (TPSA) is 197 Å². The summed E-state index contributed by atoms with van der Waals surface area (Å²) in [4.78, 5) is 37.0. The molecule has 1 aromatic rings. The first-order chi connectivity index (χ1) is 15.8. The number of carbonyl (C=O) groups excluding carboxylic acids is 3. The van der Waals surface area contributed by atoms with Gasteiger partial charge in [-0.3, -0.25) is 19.8 Å². The summed E-state index contributed by atoms with van der Waals surface area (Å²) >= 11 is 0. The Labute approximate surface area is 201 Å². The van der Waals surface area contributed by atoms with Crippen LogP contribution in [0.1, 0.15) is 57.6 Å². The molecule has 1 aromatic carbocycles. The quantitative estimate of drug-likeness (QED) is 0.147. The number of nitrogens with one attached hydrogen (secondary N) is 4. The van der Waals surface area contributed by atoms with Gasteiger partial charge in [-0.25, -0.2) is 13.1 Å². The van der Waals surface area contributed by atoms with E-state index in [0.717, 1.165) is 5.56 Å². The smallest absolute Gasteiger partial charge is 0.242 e. The van der Waals surface area contributed by atoms with Crippen molar-refractivity contribution in [1.29, 1.82) is 5.41 Å². The molecule has 0 radical (unpaired) electrons. The van der Waals surface area contributed by atoms with E-state index >= 15 is 0 Å². The molecule has 0 unspecified atom stereocenters. The molecule has 0 aliphatic carbocycles. The Hall–Kier alpha value is -2.99. The molecule has 1 rings (SSSR count). The number of primary amides is 1. The first-order valence-corrected chi connectivity index (χ1v) is 12.8. The number of nitrogen functional groups attached to an aromatic ring is 1. The van der Waals surface area contributed by atoms with E-state index in [0.29, 0.717) is 12.0 Å². The van der Waals surface area contributed by atoms with Gasteiger partial charge in [0.2, 0.25) is 27.7 Å². The van der Waals surface area contributed by atoms with Gasteiger partial charge in [-0.1, -0.05) is 45.0 Å². The second-order valence-electron chi connectivity index (χ2n) is 8.51. The zero-order valence-corrected chi connectivity index (χ0v) is 20.7. The Balaban J connectivity index is 2.93. The van der Waals surface area contributed by atoms with Crippen molar-refractivity contribution >= 4 is 33.6 Å². The predicted molar refractivity (Wildman–Crippen MR) is 130 cm³/mol. The molecule has 190 valence electrons. The second kappa shape index (κ2) is 13.7. The van der Waals surface area contributed by atoms with Gasteiger partial charge in [-0.2, -0.15) is 0 Å². The van der Waals surface area contributed by atoms with E-state index in [1.54, 1.807) is 31.2 Å². The van der Waals surface area contributed by atoms with E-state index in [1.165, 1.54) is 0 Å². The Morgan fingerprint density at radius 2 is 1.65 bits per heavy atom. The average molecular weight is 497 g/mol. The highest BCUT2D eigenvalue weighted by Gasteiger charge is 2.29. The Bertz CT molecular complexity index is 963. The van der Waals surface area contributed by atoms with E-state index in [1.807, 2.05) is 13.8 Å². The lowest BCUT2D eigenvalue weighted by molar-refractivity contribution is -0.130. The summed E-state index contributed by atoms with van der Waals surface area (Å²) in [5.74, 6) is -2.00. The third-order valence-corrected chi connectivity index (χ3v) is 6.45. The number of sulfonamides is 1. The number of amidine groups is 1. The molecule has 12 heteroatoms. The average Bonchev–Trinajstić information content (AvgIpc) is 2.73. The number of amides is 3. The van der Waals surface area contributed by atoms with Crippen molar-refractivity contribution < 1.29 is 22.8 Å². The van der Waals surface area contributed by atoms with Crippen LogP contribution in [0, 0.1) is 11.3 Å². The van der Waals surface area contributed by atoms with Gasteiger partial charge in [0.15, 0.2) is 0 Å². The van der Waals surface area contributed by atoms with Crippen molar-refractivity contribution in [3.63, 3.8) is 0 Å². The van der Waals surface area contributed by atoms with Gasteiger partial charge in [0.1, 0.15) is 17.9 Å². The molecule has 0 aromatic heterocycles. The molecule has 2 atom stereocenters. The van der Waals surface area contributed by atoms with Gasteiger partial charge in [0, 0.05) is 18.5 Å². The summed E-state index contributed by atoms with van der Waals surface area (Å²) in [6.07, 6.45) is 0.457. The number of carbonyl (C=O) groups is 3. The van der Waals surface area contributed by atoms with E-state index in [2.05, 4.69) is 15.4 Å². The van der Waals surface area contributed by atoms with Crippen LogP contribution in [-0.2, 0) is 31.0 Å². The largest absolute Gasteiger partial charge is 0.384 e. The van der Waals surface area contributed by atoms with Crippen molar-refractivity contribution in [1.82, 2.24) is 15.4 Å². The molecular weight excluding hydrogens is 460 g/mol. The fourth-order valence-corrected chi connectivity index (χ4v) is 4.46. The van der Waals surface area contributed by atoms with Gasteiger partial charge in [0.25, 0.3) is 0 Å². The summed E-state index contributed by atoms with van der Waals surface area (Å²) < 4.78 is 26.9. The molecule has 0 spiro atoms. The number of hydrogen-bond donors (Lipinski definition) is 6. The highest BCUT2D eigenvalue weighted by Crippen LogP contribution is 2.09.